The van der Waals surface area contributed by atoms with E-state index in [1.807, 2.05) is 13.8 Å². The summed E-state index contributed by atoms with van der Waals surface area (Å²) in [4.78, 5) is 20.9. The molecule has 3 rings (SSSR count). The fourth-order valence-electron chi connectivity index (χ4n) is 2.39. The molecule has 1 unspecified atom stereocenters. The fourth-order valence-corrected chi connectivity index (χ4v) is 3.03. The van der Waals surface area contributed by atoms with Crippen LogP contribution in [0, 0.1) is 5.92 Å². The second kappa shape index (κ2) is 7.90. The van der Waals surface area contributed by atoms with E-state index in [2.05, 4.69) is 25.2 Å². The van der Waals surface area contributed by atoms with Crippen molar-refractivity contribution in [2.45, 2.75) is 25.0 Å². The van der Waals surface area contributed by atoms with Crippen LogP contribution in [0.1, 0.15) is 36.3 Å². The summed E-state index contributed by atoms with van der Waals surface area (Å²) in [5.41, 5.74) is 0.680. The van der Waals surface area contributed by atoms with Gasteiger partial charge in [-0.05, 0) is 37.2 Å². The molecule has 28 heavy (non-hydrogen) atoms. The summed E-state index contributed by atoms with van der Waals surface area (Å²) in [6, 6.07) is 5.43. The van der Waals surface area contributed by atoms with Gasteiger partial charge in [0, 0.05) is 18.0 Å². The molecule has 11 heteroatoms. The van der Waals surface area contributed by atoms with Gasteiger partial charge in [-0.3, -0.25) is 9.78 Å². The van der Waals surface area contributed by atoms with Crippen molar-refractivity contribution in [1.29, 1.82) is 0 Å². The van der Waals surface area contributed by atoms with Gasteiger partial charge in [0.15, 0.2) is 5.76 Å². The second-order valence-corrected chi connectivity index (χ2v) is 8.04. The number of aromatic nitrogens is 3. The van der Waals surface area contributed by atoms with Crippen LogP contribution in [0.15, 0.2) is 50.7 Å². The van der Waals surface area contributed by atoms with Crippen LogP contribution in [0.3, 0.4) is 0 Å². The molecule has 0 saturated carbocycles. The molecular weight excluding hydrogens is 386 g/mol. The van der Waals surface area contributed by atoms with Crippen molar-refractivity contribution in [1.82, 2.24) is 25.2 Å². The Morgan fingerprint density at radius 3 is 2.64 bits per heavy atom. The van der Waals surface area contributed by atoms with Crippen molar-refractivity contribution >= 4 is 15.9 Å². The first-order valence-corrected chi connectivity index (χ1v) is 9.88. The first kappa shape index (κ1) is 19.7. The number of pyridine rings is 1. The van der Waals surface area contributed by atoms with Gasteiger partial charge in [-0.25, -0.2) is 13.1 Å². The van der Waals surface area contributed by atoms with Crippen LogP contribution < -0.4 is 10.0 Å². The molecule has 0 aliphatic carbocycles. The van der Waals surface area contributed by atoms with Crippen LogP contribution in [0.4, 0.5) is 0 Å². The predicted molar refractivity (Wildman–Crippen MR) is 97.5 cm³/mol. The van der Waals surface area contributed by atoms with Gasteiger partial charge < -0.3 is 14.3 Å². The maximum atomic E-state index is 12.5. The lowest BCUT2D eigenvalue weighted by molar-refractivity contribution is 0.0880. The van der Waals surface area contributed by atoms with E-state index in [0.717, 1.165) is 0 Å². The Morgan fingerprint density at radius 1 is 1.21 bits per heavy atom. The van der Waals surface area contributed by atoms with Crippen LogP contribution in [0.5, 0.6) is 0 Å². The number of rotatable bonds is 7. The third-order valence-corrected chi connectivity index (χ3v) is 5.21. The highest BCUT2D eigenvalue weighted by Crippen LogP contribution is 2.24. The molecule has 0 radical (unpaired) electrons. The summed E-state index contributed by atoms with van der Waals surface area (Å²) < 4.78 is 36.1. The molecule has 0 spiro atoms. The van der Waals surface area contributed by atoms with Crippen LogP contribution in [0.2, 0.25) is 0 Å². The van der Waals surface area contributed by atoms with Crippen LogP contribution >= 0.6 is 0 Å². The maximum Gasteiger partial charge on any atom is 0.287 e. The molecule has 0 aliphatic heterocycles. The number of sulfonamides is 1. The van der Waals surface area contributed by atoms with Gasteiger partial charge in [0.1, 0.15) is 6.04 Å². The van der Waals surface area contributed by atoms with Gasteiger partial charge in [0.2, 0.25) is 16.8 Å². The third kappa shape index (κ3) is 4.10. The molecule has 1 atom stereocenters. The highest BCUT2D eigenvalue weighted by Gasteiger charge is 2.27. The standard InChI is InChI=1S/C17H19N5O5S/c1-10(2)14(17-21-15(22-27-17)11-5-4-8-19-9-11)20-16(23)12-6-7-13(26-12)28(24,25)18-3/h4-10,14,18H,1-3H3,(H,20,23). The topological polar surface area (TPSA) is 140 Å². The predicted octanol–water partition coefficient (Wildman–Crippen LogP) is 1.76. The molecule has 0 fully saturated rings. The SMILES string of the molecule is CNS(=O)(=O)c1ccc(C(=O)NC(c2nc(-c3cccnc3)no2)C(C)C)o1. The minimum atomic E-state index is -3.78. The molecule has 10 nitrogen and oxygen atoms in total. The van der Waals surface area contributed by atoms with E-state index in [-0.39, 0.29) is 22.7 Å². The van der Waals surface area contributed by atoms with Crippen molar-refractivity contribution in [2.24, 2.45) is 5.92 Å². The van der Waals surface area contributed by atoms with E-state index in [9.17, 15) is 13.2 Å². The lowest BCUT2D eigenvalue weighted by atomic mass is 10.0. The molecule has 3 heterocycles. The smallest absolute Gasteiger partial charge is 0.287 e. The summed E-state index contributed by atoms with van der Waals surface area (Å²) in [7, 11) is -2.53. The van der Waals surface area contributed by atoms with E-state index < -0.39 is 22.0 Å². The highest BCUT2D eigenvalue weighted by molar-refractivity contribution is 7.89. The van der Waals surface area contributed by atoms with Crippen molar-refractivity contribution in [2.75, 3.05) is 7.05 Å². The Balaban J connectivity index is 1.81. The lowest BCUT2D eigenvalue weighted by Crippen LogP contribution is -2.31. The summed E-state index contributed by atoms with van der Waals surface area (Å²) in [5.74, 6) is -0.259. The number of nitrogens with zero attached hydrogens (tertiary/aromatic N) is 3. The van der Waals surface area contributed by atoms with Crippen molar-refractivity contribution in [3.8, 4) is 11.4 Å². The first-order chi connectivity index (χ1) is 13.3. The lowest BCUT2D eigenvalue weighted by Gasteiger charge is -2.17. The average Bonchev–Trinajstić information content (AvgIpc) is 3.36. The summed E-state index contributed by atoms with van der Waals surface area (Å²) in [6.07, 6.45) is 3.23. The van der Waals surface area contributed by atoms with E-state index >= 15 is 0 Å². The molecule has 148 valence electrons. The number of hydrogen-bond acceptors (Lipinski definition) is 8. The monoisotopic (exact) mass is 405 g/mol. The van der Waals surface area contributed by atoms with Gasteiger partial charge in [0.05, 0.1) is 0 Å². The Bertz CT molecular complexity index is 1060. The Labute approximate surface area is 161 Å². The summed E-state index contributed by atoms with van der Waals surface area (Å²) in [5, 5.41) is 6.32. The van der Waals surface area contributed by atoms with Gasteiger partial charge in [-0.1, -0.05) is 19.0 Å². The highest BCUT2D eigenvalue weighted by atomic mass is 32.2. The summed E-state index contributed by atoms with van der Waals surface area (Å²) in [6.45, 7) is 3.75. The van der Waals surface area contributed by atoms with E-state index in [4.69, 9.17) is 8.94 Å². The first-order valence-electron chi connectivity index (χ1n) is 8.40. The molecule has 3 aromatic rings. The quantitative estimate of drug-likeness (QED) is 0.606. The molecule has 2 N–H and O–H groups in total. The van der Waals surface area contributed by atoms with Crippen LogP contribution in [-0.2, 0) is 10.0 Å². The number of amides is 1. The van der Waals surface area contributed by atoms with Crippen LogP contribution in [-0.4, -0.2) is 36.5 Å². The minimum absolute atomic E-state index is 0.0818. The minimum Gasteiger partial charge on any atom is -0.438 e. The van der Waals surface area contributed by atoms with Gasteiger partial charge in [0.25, 0.3) is 15.9 Å². The summed E-state index contributed by atoms with van der Waals surface area (Å²) >= 11 is 0. The van der Waals surface area contributed by atoms with Crippen molar-refractivity contribution < 1.29 is 22.2 Å². The Hall–Kier alpha value is -3.05. The zero-order valence-electron chi connectivity index (χ0n) is 15.4. The number of hydrogen-bond donors (Lipinski definition) is 2. The fraction of sp³-hybridized carbons (Fsp3) is 0.294. The van der Waals surface area contributed by atoms with E-state index in [1.165, 1.54) is 19.2 Å². The normalized spacial score (nSPS) is 12.9. The number of carbonyl (C=O) groups is 1. The number of nitrogens with one attached hydrogen (secondary N) is 2. The maximum absolute atomic E-state index is 12.5. The number of carbonyl (C=O) groups excluding carboxylic acids is 1. The molecule has 0 aliphatic rings. The Kier molecular flexibility index (Phi) is 5.56. The second-order valence-electron chi connectivity index (χ2n) is 6.22. The number of furan rings is 1. The zero-order valence-corrected chi connectivity index (χ0v) is 16.2. The van der Waals surface area contributed by atoms with Crippen LogP contribution in [0.25, 0.3) is 11.4 Å². The van der Waals surface area contributed by atoms with E-state index in [0.29, 0.717) is 11.4 Å². The molecule has 0 aromatic carbocycles. The average molecular weight is 405 g/mol. The van der Waals surface area contributed by atoms with Crippen molar-refractivity contribution in [3.63, 3.8) is 0 Å². The van der Waals surface area contributed by atoms with Gasteiger partial charge >= 0.3 is 0 Å². The third-order valence-electron chi connectivity index (χ3n) is 3.92. The molecule has 3 aromatic heterocycles. The molecule has 1 amide bonds. The largest absolute Gasteiger partial charge is 0.438 e. The van der Waals surface area contributed by atoms with E-state index in [1.54, 1.807) is 24.5 Å². The molecular formula is C17H19N5O5S. The molecule has 0 saturated heterocycles. The van der Waals surface area contributed by atoms with Crippen molar-refractivity contribution in [3.05, 3.63) is 48.3 Å². The van der Waals surface area contributed by atoms with Gasteiger partial charge in [-0.15, -0.1) is 0 Å². The zero-order chi connectivity index (χ0) is 20.3. The van der Waals surface area contributed by atoms with Gasteiger partial charge in [-0.2, -0.15) is 4.98 Å². The molecule has 0 bridgehead atoms. The Morgan fingerprint density at radius 2 is 2.00 bits per heavy atom.